The van der Waals surface area contributed by atoms with Crippen molar-refractivity contribution < 1.29 is 27.5 Å². The molecule has 1 aliphatic rings. The number of nitrogens with zero attached hydrogens (tertiary/aromatic N) is 2. The summed E-state index contributed by atoms with van der Waals surface area (Å²) in [7, 11) is 0.119. The van der Waals surface area contributed by atoms with Crippen molar-refractivity contribution in [3.05, 3.63) is 54.1 Å². The molecule has 2 aromatic carbocycles. The van der Waals surface area contributed by atoms with Crippen molar-refractivity contribution in [2.75, 3.05) is 37.4 Å². The monoisotopic (exact) mass is 489 g/mol. The SMILES string of the molecule is CC1CN(S(=O)(=O)c2ccc(C(=O)OC(C)C(=O)Nc3ccc(N(C)C)cc3)cc2)CC(C)O1. The molecule has 0 spiro atoms. The minimum absolute atomic E-state index is 0.0808. The summed E-state index contributed by atoms with van der Waals surface area (Å²) >= 11 is 0. The molecule has 10 heteroatoms. The molecule has 1 amide bonds. The van der Waals surface area contributed by atoms with Gasteiger partial charge in [0.1, 0.15) is 0 Å². The van der Waals surface area contributed by atoms with Gasteiger partial charge in [-0.2, -0.15) is 4.31 Å². The van der Waals surface area contributed by atoms with E-state index in [4.69, 9.17) is 9.47 Å². The first kappa shape index (κ1) is 25.7. The molecular formula is C24H31N3O6S. The van der Waals surface area contributed by atoms with Gasteiger partial charge in [0.25, 0.3) is 5.91 Å². The van der Waals surface area contributed by atoms with E-state index in [0.29, 0.717) is 5.69 Å². The predicted molar refractivity (Wildman–Crippen MR) is 129 cm³/mol. The minimum atomic E-state index is -3.72. The van der Waals surface area contributed by atoms with E-state index in [1.807, 2.05) is 45.0 Å². The summed E-state index contributed by atoms with van der Waals surface area (Å²) in [5, 5.41) is 2.71. The molecule has 1 aliphatic heterocycles. The summed E-state index contributed by atoms with van der Waals surface area (Å²) < 4.78 is 38.2. The second-order valence-corrected chi connectivity index (χ2v) is 10.5. The number of anilines is 2. The molecule has 0 radical (unpaired) electrons. The van der Waals surface area contributed by atoms with Gasteiger partial charge in [0.2, 0.25) is 10.0 Å². The fraction of sp³-hybridized carbons (Fsp3) is 0.417. The van der Waals surface area contributed by atoms with Gasteiger partial charge in [-0.15, -0.1) is 0 Å². The molecule has 34 heavy (non-hydrogen) atoms. The Morgan fingerprint density at radius 2 is 1.59 bits per heavy atom. The normalized spacial score (nSPS) is 19.8. The summed E-state index contributed by atoms with van der Waals surface area (Å²) in [4.78, 5) is 26.9. The van der Waals surface area contributed by atoms with Crippen LogP contribution in [0.15, 0.2) is 53.4 Å². The van der Waals surface area contributed by atoms with Gasteiger partial charge in [0.05, 0.1) is 22.7 Å². The molecular weight excluding hydrogens is 458 g/mol. The van der Waals surface area contributed by atoms with Crippen LogP contribution in [0.2, 0.25) is 0 Å². The number of rotatable bonds is 7. The predicted octanol–water partition coefficient (Wildman–Crippen LogP) is 2.73. The quantitative estimate of drug-likeness (QED) is 0.596. The van der Waals surface area contributed by atoms with Gasteiger partial charge in [0, 0.05) is 38.6 Å². The Morgan fingerprint density at radius 3 is 2.12 bits per heavy atom. The maximum atomic E-state index is 13.0. The van der Waals surface area contributed by atoms with Crippen molar-refractivity contribution in [3.8, 4) is 0 Å². The number of hydrogen-bond donors (Lipinski definition) is 1. The third kappa shape index (κ3) is 6.13. The summed E-state index contributed by atoms with van der Waals surface area (Å²) in [6, 6.07) is 12.7. The summed E-state index contributed by atoms with van der Waals surface area (Å²) in [6.07, 6.45) is -1.45. The first-order valence-electron chi connectivity index (χ1n) is 11.0. The van der Waals surface area contributed by atoms with Crippen LogP contribution in [0.25, 0.3) is 0 Å². The average Bonchev–Trinajstić information content (AvgIpc) is 2.78. The van der Waals surface area contributed by atoms with E-state index in [0.717, 1.165) is 5.69 Å². The standard InChI is InChI=1S/C24H31N3O6S/c1-16-14-27(15-17(2)32-16)34(30,31)22-12-6-19(7-13-22)24(29)33-18(3)23(28)25-20-8-10-21(11-9-20)26(4)5/h6-13,16-18H,14-15H2,1-5H3,(H,25,28). The first-order valence-corrected chi connectivity index (χ1v) is 12.5. The number of amides is 1. The van der Waals surface area contributed by atoms with E-state index >= 15 is 0 Å². The third-order valence-corrected chi connectivity index (χ3v) is 7.26. The van der Waals surface area contributed by atoms with Crippen molar-refractivity contribution in [2.45, 2.75) is 44.0 Å². The molecule has 3 unspecified atom stereocenters. The highest BCUT2D eigenvalue weighted by Crippen LogP contribution is 2.22. The maximum Gasteiger partial charge on any atom is 0.338 e. The highest BCUT2D eigenvalue weighted by atomic mass is 32.2. The van der Waals surface area contributed by atoms with E-state index in [2.05, 4.69) is 5.32 Å². The van der Waals surface area contributed by atoms with E-state index < -0.39 is 28.0 Å². The molecule has 1 heterocycles. The molecule has 0 aromatic heterocycles. The lowest BCUT2D eigenvalue weighted by molar-refractivity contribution is -0.123. The van der Waals surface area contributed by atoms with E-state index in [1.54, 1.807) is 12.1 Å². The van der Waals surface area contributed by atoms with Crippen LogP contribution in [0.5, 0.6) is 0 Å². The number of esters is 1. The van der Waals surface area contributed by atoms with Gasteiger partial charge in [-0.3, -0.25) is 4.79 Å². The van der Waals surface area contributed by atoms with Crippen LogP contribution in [0.4, 0.5) is 11.4 Å². The van der Waals surface area contributed by atoms with E-state index in [9.17, 15) is 18.0 Å². The zero-order chi connectivity index (χ0) is 25.0. The molecule has 2 aromatic rings. The summed E-state index contributed by atoms with van der Waals surface area (Å²) in [5.41, 5.74) is 1.72. The number of benzene rings is 2. The Hall–Kier alpha value is -2.95. The van der Waals surface area contributed by atoms with Crippen LogP contribution in [-0.2, 0) is 24.3 Å². The molecule has 0 aliphatic carbocycles. The van der Waals surface area contributed by atoms with E-state index in [1.165, 1.54) is 35.5 Å². The molecule has 3 atom stereocenters. The van der Waals surface area contributed by atoms with Crippen molar-refractivity contribution in [3.63, 3.8) is 0 Å². The van der Waals surface area contributed by atoms with Crippen LogP contribution < -0.4 is 10.2 Å². The van der Waals surface area contributed by atoms with Gasteiger partial charge >= 0.3 is 5.97 Å². The second kappa shape index (κ2) is 10.5. The Kier molecular flexibility index (Phi) is 7.96. The molecule has 3 rings (SSSR count). The molecule has 184 valence electrons. The number of ether oxygens (including phenoxy) is 2. The van der Waals surface area contributed by atoms with Crippen molar-refractivity contribution in [1.29, 1.82) is 0 Å². The minimum Gasteiger partial charge on any atom is -0.449 e. The molecule has 0 saturated carbocycles. The third-order valence-electron chi connectivity index (χ3n) is 5.42. The Balaban J connectivity index is 1.61. The van der Waals surface area contributed by atoms with Crippen LogP contribution in [0, 0.1) is 0 Å². The number of morpholine rings is 1. The first-order chi connectivity index (χ1) is 16.0. The number of carbonyl (C=O) groups excluding carboxylic acids is 2. The Morgan fingerprint density at radius 1 is 1.03 bits per heavy atom. The average molecular weight is 490 g/mol. The van der Waals surface area contributed by atoms with Crippen molar-refractivity contribution in [2.24, 2.45) is 0 Å². The largest absolute Gasteiger partial charge is 0.449 e. The highest BCUT2D eigenvalue weighted by molar-refractivity contribution is 7.89. The smallest absolute Gasteiger partial charge is 0.338 e. The lowest BCUT2D eigenvalue weighted by atomic mass is 10.2. The van der Waals surface area contributed by atoms with Gasteiger partial charge in [-0.25, -0.2) is 13.2 Å². The van der Waals surface area contributed by atoms with Gasteiger partial charge in [-0.1, -0.05) is 0 Å². The zero-order valence-corrected chi connectivity index (χ0v) is 20.8. The van der Waals surface area contributed by atoms with Gasteiger partial charge in [0.15, 0.2) is 6.10 Å². The number of hydrogen-bond acceptors (Lipinski definition) is 7. The van der Waals surface area contributed by atoms with Crippen LogP contribution >= 0.6 is 0 Å². The molecule has 1 N–H and O–H groups in total. The molecule has 1 saturated heterocycles. The topological polar surface area (TPSA) is 105 Å². The van der Waals surface area contributed by atoms with Crippen molar-refractivity contribution >= 4 is 33.3 Å². The Labute approximate surface area is 200 Å². The second-order valence-electron chi connectivity index (χ2n) is 8.58. The Bertz CT molecular complexity index is 1110. The highest BCUT2D eigenvalue weighted by Gasteiger charge is 2.32. The van der Waals surface area contributed by atoms with E-state index in [-0.39, 0.29) is 35.8 Å². The lowest BCUT2D eigenvalue weighted by Gasteiger charge is -2.34. The van der Waals surface area contributed by atoms with Crippen LogP contribution in [0.1, 0.15) is 31.1 Å². The maximum absolute atomic E-state index is 13.0. The molecule has 9 nitrogen and oxygen atoms in total. The van der Waals surface area contributed by atoms with Crippen LogP contribution in [-0.4, -0.2) is 70.1 Å². The molecule has 0 bridgehead atoms. The zero-order valence-electron chi connectivity index (χ0n) is 20.0. The number of sulfonamides is 1. The summed E-state index contributed by atoms with van der Waals surface area (Å²) in [6.45, 7) is 5.66. The van der Waals surface area contributed by atoms with Gasteiger partial charge < -0.3 is 19.7 Å². The fourth-order valence-corrected chi connectivity index (χ4v) is 5.20. The number of nitrogens with one attached hydrogen (secondary N) is 1. The number of carbonyl (C=O) groups is 2. The summed E-state index contributed by atoms with van der Waals surface area (Å²) in [5.74, 6) is -1.19. The lowest BCUT2D eigenvalue weighted by Crippen LogP contribution is -2.48. The molecule has 1 fully saturated rings. The van der Waals surface area contributed by atoms with Gasteiger partial charge in [-0.05, 0) is 69.3 Å². The fourth-order valence-electron chi connectivity index (χ4n) is 3.61. The van der Waals surface area contributed by atoms with Crippen molar-refractivity contribution in [1.82, 2.24) is 4.31 Å². The van der Waals surface area contributed by atoms with Crippen LogP contribution in [0.3, 0.4) is 0 Å².